The molecule has 0 saturated heterocycles. The third-order valence-electron chi connectivity index (χ3n) is 4.59. The molecule has 0 saturated carbocycles. The molecule has 1 nitrogen and oxygen atoms in total. The van der Waals surface area contributed by atoms with E-state index < -0.39 is 0 Å². The SMILES string of the molecule is [Cl-].[Cl-].[Ti+2][N](Cc1ccccc1C1C=Cc2ccccc21)c1ccccc1. The van der Waals surface area contributed by atoms with Crippen molar-refractivity contribution in [3.05, 3.63) is 107 Å². The molecule has 3 aromatic rings. The first-order valence-electron chi connectivity index (χ1n) is 8.22. The van der Waals surface area contributed by atoms with Crippen LogP contribution < -0.4 is 28.2 Å². The van der Waals surface area contributed by atoms with Crippen molar-refractivity contribution in [3.63, 3.8) is 0 Å². The van der Waals surface area contributed by atoms with Crippen molar-refractivity contribution in [2.24, 2.45) is 0 Å². The van der Waals surface area contributed by atoms with Gasteiger partial charge in [0.1, 0.15) is 0 Å². The minimum atomic E-state index is 0. The zero-order valence-electron chi connectivity index (χ0n) is 14.1. The number of fused-ring (bicyclic) bond motifs is 1. The molecule has 0 amide bonds. The summed E-state index contributed by atoms with van der Waals surface area (Å²) in [6, 6.07) is 28.1. The van der Waals surface area contributed by atoms with Crippen LogP contribution in [-0.2, 0) is 27.2 Å². The monoisotopic (exact) mass is 414 g/mol. The van der Waals surface area contributed by atoms with Crippen molar-refractivity contribution < 1.29 is 45.5 Å². The number of para-hydroxylation sites is 1. The van der Waals surface area contributed by atoms with Crippen molar-refractivity contribution in [1.82, 2.24) is 0 Å². The van der Waals surface area contributed by atoms with E-state index >= 15 is 0 Å². The first-order valence-corrected chi connectivity index (χ1v) is 8.91. The summed E-state index contributed by atoms with van der Waals surface area (Å²) in [5.74, 6) is 0.363. The Morgan fingerprint density at radius 3 is 2.12 bits per heavy atom. The minimum absolute atomic E-state index is 0. The van der Waals surface area contributed by atoms with Gasteiger partial charge in [0.05, 0.1) is 0 Å². The zero-order valence-corrected chi connectivity index (χ0v) is 17.2. The van der Waals surface area contributed by atoms with Crippen LogP contribution in [0.2, 0.25) is 0 Å². The molecule has 0 N–H and O–H groups in total. The van der Waals surface area contributed by atoms with Crippen LogP contribution in [0.5, 0.6) is 0 Å². The van der Waals surface area contributed by atoms with Crippen molar-refractivity contribution >= 4 is 11.8 Å². The summed E-state index contributed by atoms with van der Waals surface area (Å²) in [5.41, 5.74) is 6.78. The summed E-state index contributed by atoms with van der Waals surface area (Å²) in [4.78, 5) is 0. The Morgan fingerprint density at radius 2 is 1.35 bits per heavy atom. The molecule has 129 valence electrons. The summed E-state index contributed by atoms with van der Waals surface area (Å²) in [6.07, 6.45) is 4.57. The normalized spacial score (nSPS) is 14.2. The Kier molecular flexibility index (Phi) is 7.55. The van der Waals surface area contributed by atoms with Gasteiger partial charge >= 0.3 is 155 Å². The molecule has 26 heavy (non-hydrogen) atoms. The van der Waals surface area contributed by atoms with Gasteiger partial charge in [-0.1, -0.05) is 0 Å². The fraction of sp³-hybridized carbons (Fsp3) is 0.0909. The molecule has 0 bridgehead atoms. The Bertz CT molecular complexity index is 880. The predicted molar refractivity (Wildman–Crippen MR) is 96.4 cm³/mol. The molecular formula is C22H18Cl2NTi. The fourth-order valence-corrected chi connectivity index (χ4v) is 3.87. The first-order chi connectivity index (χ1) is 11.8. The Labute approximate surface area is 179 Å². The number of nitrogens with zero attached hydrogens (tertiary/aromatic N) is 1. The van der Waals surface area contributed by atoms with Crippen LogP contribution in [0.4, 0.5) is 5.69 Å². The van der Waals surface area contributed by atoms with E-state index in [1.807, 2.05) is 0 Å². The van der Waals surface area contributed by atoms with Gasteiger partial charge in [-0.05, 0) is 0 Å². The van der Waals surface area contributed by atoms with E-state index in [1.165, 1.54) is 27.9 Å². The predicted octanol–water partition coefficient (Wildman–Crippen LogP) is -0.678. The molecule has 0 fully saturated rings. The average molecular weight is 415 g/mol. The molecule has 0 aliphatic heterocycles. The van der Waals surface area contributed by atoms with Gasteiger partial charge in [0, 0.05) is 0 Å². The molecule has 4 heteroatoms. The van der Waals surface area contributed by atoms with Crippen LogP contribution >= 0.6 is 0 Å². The number of benzene rings is 3. The summed E-state index contributed by atoms with van der Waals surface area (Å²) in [5, 5.41) is 0. The van der Waals surface area contributed by atoms with E-state index in [4.69, 9.17) is 0 Å². The molecule has 1 atom stereocenters. The molecule has 0 heterocycles. The van der Waals surface area contributed by atoms with E-state index in [0.717, 1.165) is 6.54 Å². The van der Waals surface area contributed by atoms with E-state index in [9.17, 15) is 0 Å². The molecule has 4 rings (SSSR count). The van der Waals surface area contributed by atoms with Crippen molar-refractivity contribution in [2.75, 3.05) is 3.38 Å². The number of rotatable bonds is 4. The molecule has 1 aliphatic rings. The summed E-state index contributed by atoms with van der Waals surface area (Å²) in [6.45, 7) is 0.909. The molecule has 3 aromatic carbocycles. The maximum absolute atomic E-state index is 2.33. The second-order valence-corrected chi connectivity index (χ2v) is 6.93. The van der Waals surface area contributed by atoms with Gasteiger partial charge in [-0.25, -0.2) is 0 Å². The van der Waals surface area contributed by atoms with Crippen LogP contribution in [-0.4, -0.2) is 0 Å². The van der Waals surface area contributed by atoms with Crippen LogP contribution in [0.1, 0.15) is 28.2 Å². The van der Waals surface area contributed by atoms with Crippen LogP contribution in [0, 0.1) is 0 Å². The molecule has 0 aromatic heterocycles. The summed E-state index contributed by atoms with van der Waals surface area (Å²) in [7, 11) is 0. The van der Waals surface area contributed by atoms with Crippen LogP contribution in [0.3, 0.4) is 0 Å². The number of anilines is 1. The van der Waals surface area contributed by atoms with Crippen molar-refractivity contribution in [2.45, 2.75) is 12.5 Å². The second kappa shape index (κ2) is 9.44. The Morgan fingerprint density at radius 1 is 0.731 bits per heavy atom. The topological polar surface area (TPSA) is 3.24 Å². The summed E-state index contributed by atoms with van der Waals surface area (Å²) < 4.78 is 2.31. The van der Waals surface area contributed by atoms with Gasteiger partial charge in [-0.15, -0.1) is 0 Å². The fourth-order valence-electron chi connectivity index (χ4n) is 3.37. The Balaban J connectivity index is 0.00000121. The van der Waals surface area contributed by atoms with Gasteiger partial charge in [0.25, 0.3) is 0 Å². The van der Waals surface area contributed by atoms with Crippen molar-refractivity contribution in [3.8, 4) is 0 Å². The van der Waals surface area contributed by atoms with Gasteiger partial charge in [0.2, 0.25) is 0 Å². The van der Waals surface area contributed by atoms with Gasteiger partial charge in [0.15, 0.2) is 0 Å². The second-order valence-electron chi connectivity index (χ2n) is 6.09. The molecule has 1 aliphatic carbocycles. The number of allylic oxidation sites excluding steroid dienone is 1. The molecular weight excluding hydrogens is 397 g/mol. The number of hydrogen-bond donors (Lipinski definition) is 0. The zero-order chi connectivity index (χ0) is 16.4. The van der Waals surface area contributed by atoms with E-state index in [0.29, 0.717) is 5.92 Å². The van der Waals surface area contributed by atoms with E-state index in [2.05, 4.69) is 115 Å². The number of hydrogen-bond acceptors (Lipinski definition) is 1. The van der Waals surface area contributed by atoms with Crippen LogP contribution in [0.15, 0.2) is 84.9 Å². The summed E-state index contributed by atoms with van der Waals surface area (Å²) >= 11 is 2.16. The maximum atomic E-state index is 2.33. The standard InChI is InChI=1S/C22H18N.2ClH.Ti/c1-2-10-19(11-3-1)23-16-18-9-5-7-13-21(18)22-15-14-17-8-4-6-12-20(17)22;;;/h1-15,22H,16H2;2*1H;/q-1;;;+3/p-2. The van der Waals surface area contributed by atoms with Crippen LogP contribution in [0.25, 0.3) is 6.08 Å². The first kappa shape index (κ1) is 20.8. The van der Waals surface area contributed by atoms with Gasteiger partial charge in [-0.3, -0.25) is 0 Å². The number of halogens is 2. The van der Waals surface area contributed by atoms with Crippen molar-refractivity contribution in [1.29, 1.82) is 0 Å². The third-order valence-corrected chi connectivity index (χ3v) is 5.24. The van der Waals surface area contributed by atoms with E-state index in [-0.39, 0.29) is 24.8 Å². The molecule has 0 radical (unpaired) electrons. The molecule has 1 unspecified atom stereocenters. The van der Waals surface area contributed by atoms with Gasteiger partial charge < -0.3 is 24.8 Å². The van der Waals surface area contributed by atoms with Gasteiger partial charge in [-0.2, -0.15) is 0 Å². The third kappa shape index (κ3) is 4.24. The quantitative estimate of drug-likeness (QED) is 0.511. The Hall–Kier alpha value is -1.51. The average Bonchev–Trinajstić information content (AvgIpc) is 3.07. The van der Waals surface area contributed by atoms with E-state index in [1.54, 1.807) is 0 Å². The molecule has 0 spiro atoms.